The summed E-state index contributed by atoms with van der Waals surface area (Å²) in [6, 6.07) is 6.24. The Hall–Kier alpha value is -0.670. The second kappa shape index (κ2) is 6.03. The molecular weight excluding hydrogens is 206 g/mol. The van der Waals surface area contributed by atoms with Crippen LogP contribution in [0.25, 0.3) is 0 Å². The molecular formula is C12H19NOS. The summed E-state index contributed by atoms with van der Waals surface area (Å²) >= 11 is 1.81. The van der Waals surface area contributed by atoms with Crippen molar-refractivity contribution in [1.82, 2.24) is 0 Å². The third-order valence-corrected chi connectivity index (χ3v) is 3.61. The lowest BCUT2D eigenvalue weighted by atomic mass is 10.2. The third kappa shape index (κ3) is 3.76. The summed E-state index contributed by atoms with van der Waals surface area (Å²) in [4.78, 5) is 1.21. The summed E-state index contributed by atoms with van der Waals surface area (Å²) in [5.41, 5.74) is 6.85. The van der Waals surface area contributed by atoms with Crippen molar-refractivity contribution in [1.29, 1.82) is 0 Å². The van der Waals surface area contributed by atoms with Crippen molar-refractivity contribution in [3.8, 4) is 5.75 Å². The molecule has 1 aromatic carbocycles. The Labute approximate surface area is 96.2 Å². The number of ether oxygens (including phenoxy) is 1. The Morgan fingerprint density at radius 1 is 1.47 bits per heavy atom. The number of hydrogen-bond donors (Lipinski definition) is 1. The van der Waals surface area contributed by atoms with Crippen molar-refractivity contribution in [3.63, 3.8) is 0 Å². The minimum Gasteiger partial charge on any atom is -0.496 e. The highest BCUT2D eigenvalue weighted by molar-refractivity contribution is 7.99. The third-order valence-electron chi connectivity index (χ3n) is 2.24. The summed E-state index contributed by atoms with van der Waals surface area (Å²) in [6.45, 7) is 4.99. The fourth-order valence-corrected chi connectivity index (χ4v) is 2.36. The van der Waals surface area contributed by atoms with Gasteiger partial charge in [0.05, 0.1) is 7.11 Å². The van der Waals surface area contributed by atoms with E-state index in [4.69, 9.17) is 10.5 Å². The van der Waals surface area contributed by atoms with E-state index in [1.165, 1.54) is 10.5 Å². The van der Waals surface area contributed by atoms with Crippen LogP contribution in [0.4, 0.5) is 0 Å². The molecule has 0 radical (unpaired) electrons. The van der Waals surface area contributed by atoms with Gasteiger partial charge < -0.3 is 10.5 Å². The topological polar surface area (TPSA) is 35.2 Å². The van der Waals surface area contributed by atoms with Crippen LogP contribution in [-0.4, -0.2) is 19.4 Å². The van der Waals surface area contributed by atoms with E-state index in [-0.39, 0.29) is 0 Å². The van der Waals surface area contributed by atoms with Gasteiger partial charge in [0.1, 0.15) is 5.75 Å². The zero-order valence-corrected chi connectivity index (χ0v) is 10.4. The van der Waals surface area contributed by atoms with Gasteiger partial charge in [-0.1, -0.05) is 13.0 Å². The molecule has 2 N–H and O–H groups in total. The molecule has 1 aromatic rings. The highest BCUT2D eigenvalue weighted by Crippen LogP contribution is 2.31. The van der Waals surface area contributed by atoms with Crippen molar-refractivity contribution in [2.75, 3.05) is 19.4 Å². The second-order valence-corrected chi connectivity index (χ2v) is 4.87. The molecule has 0 aliphatic heterocycles. The Balaban J connectivity index is 2.69. The maximum absolute atomic E-state index is 5.59. The smallest absolute Gasteiger partial charge is 0.132 e. The summed E-state index contributed by atoms with van der Waals surface area (Å²) in [5, 5.41) is 0. The van der Waals surface area contributed by atoms with Crippen molar-refractivity contribution < 1.29 is 4.74 Å². The van der Waals surface area contributed by atoms with Gasteiger partial charge in [0.2, 0.25) is 0 Å². The van der Waals surface area contributed by atoms with E-state index in [0.29, 0.717) is 5.92 Å². The van der Waals surface area contributed by atoms with E-state index >= 15 is 0 Å². The van der Waals surface area contributed by atoms with Gasteiger partial charge in [-0.2, -0.15) is 0 Å². The average molecular weight is 225 g/mol. The predicted molar refractivity (Wildman–Crippen MR) is 66.7 cm³/mol. The van der Waals surface area contributed by atoms with Crippen LogP contribution in [0.15, 0.2) is 23.1 Å². The summed E-state index contributed by atoms with van der Waals surface area (Å²) in [6.07, 6.45) is 0. The maximum Gasteiger partial charge on any atom is 0.132 e. The number of aryl methyl sites for hydroxylation is 1. The number of nitrogens with two attached hydrogens (primary N) is 1. The first-order valence-electron chi connectivity index (χ1n) is 5.15. The molecule has 84 valence electrons. The fraction of sp³-hybridized carbons (Fsp3) is 0.500. The molecule has 0 heterocycles. The first kappa shape index (κ1) is 12.4. The number of benzene rings is 1. The first-order valence-corrected chi connectivity index (χ1v) is 6.13. The van der Waals surface area contributed by atoms with Crippen LogP contribution in [0.2, 0.25) is 0 Å². The lowest BCUT2D eigenvalue weighted by Crippen LogP contribution is -2.12. The molecule has 0 aliphatic rings. The van der Waals surface area contributed by atoms with Gasteiger partial charge in [-0.25, -0.2) is 0 Å². The van der Waals surface area contributed by atoms with Crippen LogP contribution < -0.4 is 10.5 Å². The van der Waals surface area contributed by atoms with Gasteiger partial charge in [0, 0.05) is 10.6 Å². The molecule has 2 nitrogen and oxygen atoms in total. The molecule has 0 saturated heterocycles. The molecule has 0 aliphatic carbocycles. The van der Waals surface area contributed by atoms with Crippen LogP contribution in [0.5, 0.6) is 5.75 Å². The van der Waals surface area contributed by atoms with E-state index in [9.17, 15) is 0 Å². The minimum absolute atomic E-state index is 0.542. The van der Waals surface area contributed by atoms with Crippen LogP contribution >= 0.6 is 11.8 Å². The molecule has 0 amide bonds. The van der Waals surface area contributed by atoms with Gasteiger partial charge >= 0.3 is 0 Å². The van der Waals surface area contributed by atoms with Crippen molar-refractivity contribution >= 4 is 11.8 Å². The van der Waals surface area contributed by atoms with Crippen molar-refractivity contribution in [2.24, 2.45) is 11.7 Å². The van der Waals surface area contributed by atoms with E-state index in [2.05, 4.69) is 26.0 Å². The van der Waals surface area contributed by atoms with Gasteiger partial charge in [-0.3, -0.25) is 0 Å². The molecule has 3 heteroatoms. The summed E-state index contributed by atoms with van der Waals surface area (Å²) in [7, 11) is 1.71. The monoisotopic (exact) mass is 225 g/mol. The molecule has 0 saturated carbocycles. The molecule has 15 heavy (non-hydrogen) atoms. The minimum atomic E-state index is 0.542. The highest BCUT2D eigenvalue weighted by Gasteiger charge is 2.06. The van der Waals surface area contributed by atoms with Crippen LogP contribution in [0.1, 0.15) is 12.5 Å². The van der Waals surface area contributed by atoms with Crippen LogP contribution in [-0.2, 0) is 0 Å². The average Bonchev–Trinajstić information content (AvgIpc) is 2.26. The zero-order valence-electron chi connectivity index (χ0n) is 9.62. The van der Waals surface area contributed by atoms with Gasteiger partial charge in [0.25, 0.3) is 0 Å². The molecule has 0 bridgehead atoms. The van der Waals surface area contributed by atoms with Gasteiger partial charge in [0.15, 0.2) is 0 Å². The second-order valence-electron chi connectivity index (χ2n) is 3.81. The van der Waals surface area contributed by atoms with Crippen molar-refractivity contribution in [3.05, 3.63) is 23.8 Å². The van der Waals surface area contributed by atoms with Crippen LogP contribution in [0.3, 0.4) is 0 Å². The van der Waals surface area contributed by atoms with E-state index < -0.39 is 0 Å². The molecule has 1 unspecified atom stereocenters. The molecule has 1 rings (SSSR count). The molecule has 0 aromatic heterocycles. The normalized spacial score (nSPS) is 12.5. The molecule has 1 atom stereocenters. The lowest BCUT2D eigenvalue weighted by Gasteiger charge is -2.11. The maximum atomic E-state index is 5.59. The molecule has 0 spiro atoms. The number of thioether (sulfide) groups is 1. The Bertz CT molecular complexity index is 314. The van der Waals surface area contributed by atoms with Gasteiger partial charge in [-0.05, 0) is 37.1 Å². The van der Waals surface area contributed by atoms with Crippen molar-refractivity contribution in [2.45, 2.75) is 18.7 Å². The number of methoxy groups -OCH3 is 1. The zero-order chi connectivity index (χ0) is 11.3. The van der Waals surface area contributed by atoms with Crippen LogP contribution in [0, 0.1) is 12.8 Å². The summed E-state index contributed by atoms with van der Waals surface area (Å²) < 4.78 is 5.31. The first-order chi connectivity index (χ1) is 7.17. The van der Waals surface area contributed by atoms with E-state index in [0.717, 1.165) is 18.0 Å². The Kier molecular flexibility index (Phi) is 4.99. The summed E-state index contributed by atoms with van der Waals surface area (Å²) in [5.74, 6) is 2.53. The SMILES string of the molecule is COc1ccc(C)cc1SCC(C)CN. The lowest BCUT2D eigenvalue weighted by molar-refractivity contribution is 0.404. The largest absolute Gasteiger partial charge is 0.496 e. The van der Waals surface area contributed by atoms with E-state index in [1.54, 1.807) is 7.11 Å². The predicted octanol–water partition coefficient (Wildman–Crippen LogP) is 2.69. The Morgan fingerprint density at radius 3 is 2.80 bits per heavy atom. The van der Waals surface area contributed by atoms with E-state index in [1.807, 2.05) is 17.8 Å². The highest BCUT2D eigenvalue weighted by atomic mass is 32.2. The Morgan fingerprint density at radius 2 is 2.20 bits per heavy atom. The molecule has 0 fully saturated rings. The fourth-order valence-electron chi connectivity index (χ4n) is 1.20. The standard InChI is InChI=1S/C12H19NOS/c1-9-4-5-11(14-3)12(6-9)15-8-10(2)7-13/h4-6,10H,7-8,13H2,1-3H3. The number of hydrogen-bond acceptors (Lipinski definition) is 3. The van der Waals surface area contributed by atoms with Gasteiger partial charge in [-0.15, -0.1) is 11.8 Å². The quantitative estimate of drug-likeness (QED) is 0.783. The number of rotatable bonds is 5.